The minimum atomic E-state index is -0.408. The quantitative estimate of drug-likeness (QED) is 0.655. The molecule has 3 rings (SSSR count). The van der Waals surface area contributed by atoms with Gasteiger partial charge in [0, 0.05) is 35.5 Å². The highest BCUT2D eigenvalue weighted by Crippen LogP contribution is 2.20. The van der Waals surface area contributed by atoms with Gasteiger partial charge in [0.05, 0.1) is 0 Å². The SMILES string of the molecule is Cc1ccc(C)c(NC(=O)Cn2c(-c3ccc(F)cc3)nc(C)c(CCO)c2=O)c1. The highest BCUT2D eigenvalue weighted by molar-refractivity contribution is 5.91. The van der Waals surface area contributed by atoms with E-state index in [0.29, 0.717) is 22.5 Å². The maximum Gasteiger partial charge on any atom is 0.257 e. The van der Waals surface area contributed by atoms with Gasteiger partial charge < -0.3 is 10.4 Å². The second kappa shape index (κ2) is 9.00. The monoisotopic (exact) mass is 409 g/mol. The number of aromatic nitrogens is 2. The van der Waals surface area contributed by atoms with Gasteiger partial charge in [-0.3, -0.25) is 14.2 Å². The molecule has 0 spiro atoms. The van der Waals surface area contributed by atoms with Gasteiger partial charge in [0.1, 0.15) is 18.2 Å². The van der Waals surface area contributed by atoms with E-state index in [9.17, 15) is 19.1 Å². The molecule has 0 atom stereocenters. The Morgan fingerprint density at radius 3 is 2.50 bits per heavy atom. The second-order valence-electron chi connectivity index (χ2n) is 7.24. The fourth-order valence-corrected chi connectivity index (χ4v) is 3.27. The van der Waals surface area contributed by atoms with Crippen LogP contribution in [0.1, 0.15) is 22.4 Å². The number of halogens is 1. The predicted molar refractivity (Wildman–Crippen MR) is 114 cm³/mol. The Bertz CT molecular complexity index is 1140. The number of nitrogens with one attached hydrogen (secondary N) is 1. The number of hydrogen-bond acceptors (Lipinski definition) is 4. The van der Waals surface area contributed by atoms with E-state index in [1.165, 1.54) is 28.8 Å². The Morgan fingerprint density at radius 1 is 1.13 bits per heavy atom. The molecule has 0 saturated heterocycles. The van der Waals surface area contributed by atoms with Gasteiger partial charge >= 0.3 is 0 Å². The van der Waals surface area contributed by atoms with E-state index in [-0.39, 0.29) is 31.3 Å². The molecule has 3 aromatic rings. The maximum atomic E-state index is 13.4. The van der Waals surface area contributed by atoms with Crippen molar-refractivity contribution in [2.45, 2.75) is 33.7 Å². The Balaban J connectivity index is 2.03. The number of aliphatic hydroxyl groups is 1. The summed E-state index contributed by atoms with van der Waals surface area (Å²) in [5, 5.41) is 12.2. The van der Waals surface area contributed by atoms with E-state index in [4.69, 9.17) is 0 Å². The Morgan fingerprint density at radius 2 is 1.83 bits per heavy atom. The average molecular weight is 409 g/mol. The fraction of sp³-hybridized carbons (Fsp3) is 0.261. The fourth-order valence-electron chi connectivity index (χ4n) is 3.27. The average Bonchev–Trinajstić information content (AvgIpc) is 2.70. The summed E-state index contributed by atoms with van der Waals surface area (Å²) >= 11 is 0. The number of rotatable bonds is 6. The van der Waals surface area contributed by atoms with Crippen LogP contribution in [0.25, 0.3) is 11.4 Å². The van der Waals surface area contributed by atoms with E-state index in [0.717, 1.165) is 11.1 Å². The van der Waals surface area contributed by atoms with E-state index in [1.807, 2.05) is 32.0 Å². The molecular formula is C23H24FN3O3. The standard InChI is InChI=1S/C23H24FN3O3/c1-14-4-5-15(2)20(12-14)26-21(29)13-27-22(17-6-8-18(24)9-7-17)25-16(3)19(10-11-28)23(27)30/h4-9,12,28H,10-11,13H2,1-3H3,(H,26,29). The first-order chi connectivity index (χ1) is 14.3. The number of carbonyl (C=O) groups excluding carboxylic acids is 1. The van der Waals surface area contributed by atoms with E-state index < -0.39 is 11.4 Å². The number of nitrogens with zero attached hydrogens (tertiary/aromatic N) is 2. The minimum Gasteiger partial charge on any atom is -0.396 e. The summed E-state index contributed by atoms with van der Waals surface area (Å²) in [4.78, 5) is 30.4. The number of carbonyl (C=O) groups is 1. The van der Waals surface area contributed by atoms with Crippen LogP contribution in [-0.2, 0) is 17.8 Å². The molecule has 1 heterocycles. The van der Waals surface area contributed by atoms with Crippen molar-refractivity contribution in [3.05, 3.63) is 81.0 Å². The summed E-state index contributed by atoms with van der Waals surface area (Å²) in [7, 11) is 0. The molecule has 0 saturated carbocycles. The molecule has 0 aliphatic rings. The van der Waals surface area contributed by atoms with Crippen molar-refractivity contribution >= 4 is 11.6 Å². The summed E-state index contributed by atoms with van der Waals surface area (Å²) in [5.41, 5.74) is 3.53. The zero-order chi connectivity index (χ0) is 21.8. The first-order valence-electron chi connectivity index (χ1n) is 9.64. The van der Waals surface area contributed by atoms with Crippen LogP contribution in [0.15, 0.2) is 47.3 Å². The topological polar surface area (TPSA) is 84.2 Å². The van der Waals surface area contributed by atoms with Crippen molar-refractivity contribution < 1.29 is 14.3 Å². The minimum absolute atomic E-state index is 0.139. The summed E-state index contributed by atoms with van der Waals surface area (Å²) in [6.07, 6.45) is 0.139. The van der Waals surface area contributed by atoms with Crippen LogP contribution in [0.4, 0.5) is 10.1 Å². The maximum absolute atomic E-state index is 13.4. The van der Waals surface area contributed by atoms with E-state index in [1.54, 1.807) is 6.92 Å². The summed E-state index contributed by atoms with van der Waals surface area (Å²) in [6, 6.07) is 11.3. The Kier molecular flexibility index (Phi) is 6.42. The highest BCUT2D eigenvalue weighted by Gasteiger charge is 2.18. The predicted octanol–water partition coefficient (Wildman–Crippen LogP) is 3.15. The van der Waals surface area contributed by atoms with Gasteiger partial charge in [0.2, 0.25) is 5.91 Å². The van der Waals surface area contributed by atoms with Gasteiger partial charge in [-0.05, 0) is 62.2 Å². The molecule has 156 valence electrons. The number of benzene rings is 2. The van der Waals surface area contributed by atoms with Crippen molar-refractivity contribution in [2.75, 3.05) is 11.9 Å². The summed E-state index contributed by atoms with van der Waals surface area (Å²) < 4.78 is 14.6. The molecule has 2 N–H and O–H groups in total. The van der Waals surface area contributed by atoms with Crippen LogP contribution in [0.3, 0.4) is 0 Å². The van der Waals surface area contributed by atoms with Gasteiger partial charge in [0.15, 0.2) is 0 Å². The molecule has 7 heteroatoms. The smallest absolute Gasteiger partial charge is 0.257 e. The van der Waals surface area contributed by atoms with Crippen LogP contribution in [0, 0.1) is 26.6 Å². The van der Waals surface area contributed by atoms with Crippen LogP contribution < -0.4 is 10.9 Å². The number of amides is 1. The van der Waals surface area contributed by atoms with E-state index >= 15 is 0 Å². The van der Waals surface area contributed by atoms with Gasteiger partial charge in [-0.1, -0.05) is 12.1 Å². The molecule has 1 amide bonds. The van der Waals surface area contributed by atoms with Gasteiger partial charge in [-0.2, -0.15) is 0 Å². The van der Waals surface area contributed by atoms with Crippen LogP contribution >= 0.6 is 0 Å². The molecule has 30 heavy (non-hydrogen) atoms. The van der Waals surface area contributed by atoms with Gasteiger partial charge in [0.25, 0.3) is 5.56 Å². The Labute approximate surface area is 174 Å². The van der Waals surface area contributed by atoms with Crippen molar-refractivity contribution in [3.8, 4) is 11.4 Å². The first-order valence-corrected chi connectivity index (χ1v) is 9.64. The lowest BCUT2D eigenvalue weighted by Crippen LogP contribution is -2.33. The van der Waals surface area contributed by atoms with Crippen LogP contribution in [-0.4, -0.2) is 27.2 Å². The first kappa shape index (κ1) is 21.4. The molecular weight excluding hydrogens is 385 g/mol. The molecule has 2 aromatic carbocycles. The number of anilines is 1. The zero-order valence-electron chi connectivity index (χ0n) is 17.2. The number of aryl methyl sites for hydroxylation is 3. The zero-order valence-corrected chi connectivity index (χ0v) is 17.2. The summed E-state index contributed by atoms with van der Waals surface area (Å²) in [6.45, 7) is 5.03. The lowest BCUT2D eigenvalue weighted by atomic mass is 10.1. The third kappa shape index (κ3) is 4.63. The molecule has 1 aromatic heterocycles. The second-order valence-corrected chi connectivity index (χ2v) is 7.24. The van der Waals surface area contributed by atoms with Crippen molar-refractivity contribution in [1.82, 2.24) is 9.55 Å². The Hall–Kier alpha value is -3.32. The highest BCUT2D eigenvalue weighted by atomic mass is 19.1. The van der Waals surface area contributed by atoms with Crippen molar-refractivity contribution in [2.24, 2.45) is 0 Å². The number of aliphatic hydroxyl groups excluding tert-OH is 1. The van der Waals surface area contributed by atoms with E-state index in [2.05, 4.69) is 10.3 Å². The molecule has 0 bridgehead atoms. The lowest BCUT2D eigenvalue weighted by Gasteiger charge is -2.16. The lowest BCUT2D eigenvalue weighted by molar-refractivity contribution is -0.116. The molecule has 0 radical (unpaired) electrons. The van der Waals surface area contributed by atoms with Crippen molar-refractivity contribution in [1.29, 1.82) is 0 Å². The molecule has 0 fully saturated rings. The van der Waals surface area contributed by atoms with Gasteiger partial charge in [-0.15, -0.1) is 0 Å². The molecule has 0 aliphatic carbocycles. The number of hydrogen-bond donors (Lipinski definition) is 2. The van der Waals surface area contributed by atoms with Crippen LogP contribution in [0.5, 0.6) is 0 Å². The normalized spacial score (nSPS) is 10.8. The van der Waals surface area contributed by atoms with Crippen molar-refractivity contribution in [3.63, 3.8) is 0 Å². The third-order valence-corrected chi connectivity index (χ3v) is 4.90. The third-order valence-electron chi connectivity index (χ3n) is 4.90. The molecule has 0 aliphatic heterocycles. The van der Waals surface area contributed by atoms with Gasteiger partial charge in [-0.25, -0.2) is 9.37 Å². The molecule has 0 unspecified atom stereocenters. The summed E-state index contributed by atoms with van der Waals surface area (Å²) in [5.74, 6) is -0.515. The van der Waals surface area contributed by atoms with Crippen LogP contribution in [0.2, 0.25) is 0 Å². The molecule has 6 nitrogen and oxygen atoms in total. The largest absolute Gasteiger partial charge is 0.396 e.